The average molecular weight is 321 g/mol. The smallest absolute Gasteiger partial charge is 0.335 e. The fraction of sp³-hybridized carbons (Fsp3) is 0.333. The first kappa shape index (κ1) is 18.1. The third kappa shape index (κ3) is 6.60. The molecule has 0 aliphatic rings. The summed E-state index contributed by atoms with van der Waals surface area (Å²) in [5, 5.41) is 13.5. The van der Waals surface area contributed by atoms with Gasteiger partial charge in [-0.2, -0.15) is 0 Å². The fourth-order valence-electron chi connectivity index (χ4n) is 1.69. The summed E-state index contributed by atoms with van der Waals surface area (Å²) in [6.45, 7) is 1.23. The van der Waals surface area contributed by atoms with E-state index in [1.807, 2.05) is 0 Å². The number of nitrogens with one attached hydrogen (secondary N) is 2. The molecule has 3 amide bonds. The summed E-state index contributed by atoms with van der Waals surface area (Å²) in [6, 6.07) is 6.18. The van der Waals surface area contributed by atoms with Crippen LogP contribution < -0.4 is 10.6 Å². The second-order valence-electron chi connectivity index (χ2n) is 4.94. The highest BCUT2D eigenvalue weighted by atomic mass is 16.4. The Kier molecular flexibility index (Phi) is 6.72. The van der Waals surface area contributed by atoms with E-state index in [9.17, 15) is 19.2 Å². The van der Waals surface area contributed by atoms with Crippen molar-refractivity contribution in [2.45, 2.75) is 13.5 Å². The van der Waals surface area contributed by atoms with Crippen molar-refractivity contribution < 1.29 is 24.3 Å². The van der Waals surface area contributed by atoms with Crippen LogP contribution in [0.3, 0.4) is 0 Å². The van der Waals surface area contributed by atoms with Gasteiger partial charge in [-0.15, -0.1) is 0 Å². The Morgan fingerprint density at radius 3 is 2.17 bits per heavy atom. The highest BCUT2D eigenvalue weighted by molar-refractivity contribution is 5.88. The molecule has 1 aromatic rings. The van der Waals surface area contributed by atoms with Gasteiger partial charge >= 0.3 is 5.97 Å². The van der Waals surface area contributed by atoms with Gasteiger partial charge in [0.05, 0.1) is 18.7 Å². The van der Waals surface area contributed by atoms with Crippen molar-refractivity contribution in [2.24, 2.45) is 0 Å². The molecule has 0 saturated heterocycles. The Labute approximate surface area is 133 Å². The maximum atomic E-state index is 11.9. The van der Waals surface area contributed by atoms with Crippen LogP contribution in [0.5, 0.6) is 0 Å². The van der Waals surface area contributed by atoms with E-state index in [2.05, 4.69) is 10.6 Å². The zero-order valence-corrected chi connectivity index (χ0v) is 13.0. The van der Waals surface area contributed by atoms with Crippen molar-refractivity contribution in [3.05, 3.63) is 35.4 Å². The van der Waals surface area contributed by atoms with Crippen molar-refractivity contribution in [1.82, 2.24) is 15.5 Å². The first-order valence-electron chi connectivity index (χ1n) is 6.87. The van der Waals surface area contributed by atoms with Gasteiger partial charge in [0.2, 0.25) is 17.7 Å². The quantitative estimate of drug-likeness (QED) is 0.632. The molecule has 0 unspecified atom stereocenters. The molecule has 0 saturated carbocycles. The Morgan fingerprint density at radius 2 is 1.65 bits per heavy atom. The van der Waals surface area contributed by atoms with E-state index >= 15 is 0 Å². The zero-order chi connectivity index (χ0) is 17.4. The molecule has 0 radical (unpaired) electrons. The zero-order valence-electron chi connectivity index (χ0n) is 13.0. The fourth-order valence-corrected chi connectivity index (χ4v) is 1.69. The highest BCUT2D eigenvalue weighted by Gasteiger charge is 2.11. The number of amides is 3. The number of carbonyl (C=O) groups is 4. The van der Waals surface area contributed by atoms with Crippen molar-refractivity contribution >= 4 is 23.7 Å². The van der Waals surface area contributed by atoms with Crippen LogP contribution in [0.1, 0.15) is 22.8 Å². The van der Waals surface area contributed by atoms with Crippen LogP contribution in [0.4, 0.5) is 0 Å². The summed E-state index contributed by atoms with van der Waals surface area (Å²) in [4.78, 5) is 46.1. The molecule has 0 bridgehead atoms. The van der Waals surface area contributed by atoms with E-state index in [0.717, 1.165) is 5.56 Å². The minimum absolute atomic E-state index is 0.174. The topological polar surface area (TPSA) is 116 Å². The molecule has 3 N–H and O–H groups in total. The molecule has 124 valence electrons. The average Bonchev–Trinajstić information content (AvgIpc) is 2.50. The molecule has 0 heterocycles. The lowest BCUT2D eigenvalue weighted by Gasteiger charge is -2.17. The Hall–Kier alpha value is -2.90. The predicted molar refractivity (Wildman–Crippen MR) is 81.6 cm³/mol. The van der Waals surface area contributed by atoms with Crippen molar-refractivity contribution in [3.8, 4) is 0 Å². The maximum Gasteiger partial charge on any atom is 0.335 e. The Bertz CT molecular complexity index is 598. The van der Waals surface area contributed by atoms with E-state index in [4.69, 9.17) is 5.11 Å². The van der Waals surface area contributed by atoms with Gasteiger partial charge < -0.3 is 20.6 Å². The summed E-state index contributed by atoms with van der Waals surface area (Å²) in [7, 11) is 1.58. The number of nitrogens with zero attached hydrogens (tertiary/aromatic N) is 1. The largest absolute Gasteiger partial charge is 0.478 e. The van der Waals surface area contributed by atoms with Gasteiger partial charge in [0.15, 0.2) is 0 Å². The minimum atomic E-state index is -1.01. The van der Waals surface area contributed by atoms with Gasteiger partial charge in [-0.05, 0) is 17.7 Å². The lowest BCUT2D eigenvalue weighted by Crippen LogP contribution is -2.41. The first-order valence-corrected chi connectivity index (χ1v) is 6.87. The van der Waals surface area contributed by atoms with Gasteiger partial charge in [0.1, 0.15) is 0 Å². The molecule has 0 fully saturated rings. The lowest BCUT2D eigenvalue weighted by atomic mass is 10.1. The number of rotatable bonds is 7. The molecule has 0 aliphatic heterocycles. The van der Waals surface area contributed by atoms with E-state index < -0.39 is 11.9 Å². The third-order valence-corrected chi connectivity index (χ3v) is 2.98. The first-order chi connectivity index (χ1) is 10.8. The normalized spacial score (nSPS) is 9.83. The van der Waals surface area contributed by atoms with E-state index in [0.29, 0.717) is 6.54 Å². The number of hydrogen-bond acceptors (Lipinski definition) is 4. The summed E-state index contributed by atoms with van der Waals surface area (Å²) in [5.41, 5.74) is 0.948. The number of carboxylic acid groups (broad SMARTS) is 1. The molecule has 1 aromatic carbocycles. The van der Waals surface area contributed by atoms with Crippen LogP contribution >= 0.6 is 0 Å². The van der Waals surface area contributed by atoms with Crippen LogP contribution in [0.25, 0.3) is 0 Å². The number of hydrogen-bond donors (Lipinski definition) is 3. The number of carbonyl (C=O) groups excluding carboxylic acids is 3. The minimum Gasteiger partial charge on any atom is -0.478 e. The second-order valence-corrected chi connectivity index (χ2v) is 4.94. The van der Waals surface area contributed by atoms with E-state index in [-0.39, 0.29) is 30.5 Å². The highest BCUT2D eigenvalue weighted by Crippen LogP contribution is 2.07. The molecule has 1 rings (SSSR count). The summed E-state index contributed by atoms with van der Waals surface area (Å²) < 4.78 is 0. The summed E-state index contributed by atoms with van der Waals surface area (Å²) in [6.07, 6.45) is 0. The molecular weight excluding hydrogens is 302 g/mol. The van der Waals surface area contributed by atoms with Gasteiger partial charge in [-0.25, -0.2) is 4.79 Å². The summed E-state index contributed by atoms with van der Waals surface area (Å²) >= 11 is 0. The lowest BCUT2D eigenvalue weighted by molar-refractivity contribution is -0.132. The predicted octanol–water partition coefficient (Wildman–Crippen LogP) is -0.404. The van der Waals surface area contributed by atoms with Crippen molar-refractivity contribution in [1.29, 1.82) is 0 Å². The van der Waals surface area contributed by atoms with Crippen LogP contribution in [0.15, 0.2) is 24.3 Å². The molecule has 0 spiro atoms. The number of likely N-dealkylation sites (N-methyl/N-ethyl adjacent to an activating group) is 1. The third-order valence-electron chi connectivity index (χ3n) is 2.98. The number of benzene rings is 1. The molecular formula is C15H19N3O5. The monoisotopic (exact) mass is 321 g/mol. The van der Waals surface area contributed by atoms with Gasteiger partial charge in [-0.3, -0.25) is 14.4 Å². The standard InChI is InChI=1S/C15H19N3O5/c1-10(19)16-7-13(20)17-8-14(21)18(2)9-11-3-5-12(6-4-11)15(22)23/h3-6H,7-9H2,1-2H3,(H,16,19)(H,17,20)(H,22,23). The maximum absolute atomic E-state index is 11.9. The number of carboxylic acids is 1. The number of aromatic carboxylic acids is 1. The molecule has 0 aromatic heterocycles. The van der Waals surface area contributed by atoms with Crippen LogP contribution in [-0.4, -0.2) is 53.8 Å². The van der Waals surface area contributed by atoms with E-state index in [1.54, 1.807) is 19.2 Å². The van der Waals surface area contributed by atoms with Crippen LogP contribution in [-0.2, 0) is 20.9 Å². The molecule has 0 aliphatic carbocycles. The van der Waals surface area contributed by atoms with Crippen molar-refractivity contribution in [3.63, 3.8) is 0 Å². The Morgan fingerprint density at radius 1 is 1.04 bits per heavy atom. The van der Waals surface area contributed by atoms with Gasteiger partial charge in [0, 0.05) is 20.5 Å². The van der Waals surface area contributed by atoms with Gasteiger partial charge in [0.25, 0.3) is 0 Å². The van der Waals surface area contributed by atoms with Crippen molar-refractivity contribution in [2.75, 3.05) is 20.1 Å². The Balaban J connectivity index is 2.43. The summed E-state index contributed by atoms with van der Waals surface area (Å²) in [5.74, 6) is -2.09. The van der Waals surface area contributed by atoms with Crippen LogP contribution in [0.2, 0.25) is 0 Å². The SMILES string of the molecule is CC(=O)NCC(=O)NCC(=O)N(C)Cc1ccc(C(=O)O)cc1. The van der Waals surface area contributed by atoms with Crippen LogP contribution in [0, 0.1) is 0 Å². The molecule has 8 heteroatoms. The van der Waals surface area contributed by atoms with E-state index in [1.165, 1.54) is 24.0 Å². The van der Waals surface area contributed by atoms with Gasteiger partial charge in [-0.1, -0.05) is 12.1 Å². The molecule has 23 heavy (non-hydrogen) atoms. The molecule has 0 atom stereocenters. The second kappa shape index (κ2) is 8.52. The molecule has 8 nitrogen and oxygen atoms in total.